The Labute approximate surface area is 154 Å². The number of carbonyl (C=O) groups excluding carboxylic acids is 1. The molecule has 0 aliphatic heterocycles. The number of nitrogens with one attached hydrogen (secondary N) is 2. The van der Waals surface area contributed by atoms with Crippen LogP contribution in [0.2, 0.25) is 0 Å². The van der Waals surface area contributed by atoms with Crippen molar-refractivity contribution in [1.82, 2.24) is 15.3 Å². The van der Waals surface area contributed by atoms with Gasteiger partial charge in [0.15, 0.2) is 0 Å². The fraction of sp³-hybridized carbons (Fsp3) is 0.200. The van der Waals surface area contributed by atoms with Gasteiger partial charge in [0.25, 0.3) is 5.91 Å². The highest BCUT2D eigenvalue weighted by molar-refractivity contribution is 5.94. The lowest BCUT2D eigenvalue weighted by atomic mass is 10.1. The molecule has 0 aliphatic rings. The Bertz CT molecular complexity index is 919. The van der Waals surface area contributed by atoms with Crippen molar-refractivity contribution in [1.29, 1.82) is 0 Å². The zero-order valence-electron chi connectivity index (χ0n) is 14.5. The maximum atomic E-state index is 12.8. The topological polar surface area (TPSA) is 57.8 Å². The molecule has 140 valence electrons. The van der Waals surface area contributed by atoms with Crippen molar-refractivity contribution in [3.8, 4) is 11.3 Å². The average molecular weight is 373 g/mol. The molecule has 1 heterocycles. The van der Waals surface area contributed by atoms with Crippen molar-refractivity contribution in [3.05, 3.63) is 77.7 Å². The lowest BCUT2D eigenvalue weighted by Crippen LogP contribution is -2.29. The first kappa shape index (κ1) is 18.7. The number of nitrogens with zero attached hydrogens (tertiary/aromatic N) is 1. The van der Waals surface area contributed by atoms with Crippen LogP contribution in [0.25, 0.3) is 11.3 Å². The third-order valence-electron chi connectivity index (χ3n) is 4.18. The van der Waals surface area contributed by atoms with E-state index >= 15 is 0 Å². The third kappa shape index (κ3) is 4.36. The van der Waals surface area contributed by atoms with E-state index in [0.29, 0.717) is 12.2 Å². The molecule has 4 nitrogen and oxygen atoms in total. The van der Waals surface area contributed by atoms with Gasteiger partial charge in [-0.05, 0) is 30.2 Å². The molecule has 2 N–H and O–H groups in total. The van der Waals surface area contributed by atoms with Crippen LogP contribution in [-0.2, 0) is 6.18 Å². The smallest absolute Gasteiger partial charge is 0.342 e. The largest absolute Gasteiger partial charge is 0.416 e. The van der Waals surface area contributed by atoms with Crippen LogP contribution in [0.4, 0.5) is 13.2 Å². The summed E-state index contributed by atoms with van der Waals surface area (Å²) in [4.78, 5) is 19.9. The summed E-state index contributed by atoms with van der Waals surface area (Å²) in [5.41, 5.74) is 0.860. The number of imidazole rings is 1. The van der Waals surface area contributed by atoms with E-state index in [0.717, 1.165) is 23.4 Å². The fourth-order valence-electron chi connectivity index (χ4n) is 2.72. The van der Waals surface area contributed by atoms with Crippen LogP contribution in [0.15, 0.2) is 60.8 Å². The highest BCUT2D eigenvalue weighted by Crippen LogP contribution is 2.29. The van der Waals surface area contributed by atoms with Crippen molar-refractivity contribution in [2.24, 2.45) is 0 Å². The van der Waals surface area contributed by atoms with Gasteiger partial charge in [-0.2, -0.15) is 13.2 Å². The van der Waals surface area contributed by atoms with Crippen molar-refractivity contribution < 1.29 is 18.0 Å². The van der Waals surface area contributed by atoms with E-state index in [9.17, 15) is 18.0 Å². The number of alkyl halides is 3. The predicted octanol–water partition coefficient (Wildman–Crippen LogP) is 4.98. The first-order valence-corrected chi connectivity index (χ1v) is 8.47. The van der Waals surface area contributed by atoms with Gasteiger partial charge in [-0.3, -0.25) is 4.79 Å². The van der Waals surface area contributed by atoms with E-state index in [1.165, 1.54) is 12.1 Å². The summed E-state index contributed by atoms with van der Waals surface area (Å²) < 4.78 is 38.5. The van der Waals surface area contributed by atoms with Gasteiger partial charge >= 0.3 is 6.18 Å². The van der Waals surface area contributed by atoms with Gasteiger partial charge in [0.05, 0.1) is 23.5 Å². The number of hydrogen-bond donors (Lipinski definition) is 2. The number of amides is 1. The van der Waals surface area contributed by atoms with Gasteiger partial charge in [0.2, 0.25) is 0 Å². The van der Waals surface area contributed by atoms with Crippen molar-refractivity contribution in [2.45, 2.75) is 25.6 Å². The first-order chi connectivity index (χ1) is 12.9. The van der Waals surface area contributed by atoms with Crippen LogP contribution in [0.5, 0.6) is 0 Å². The molecular formula is C20H18F3N3O. The maximum Gasteiger partial charge on any atom is 0.416 e. The van der Waals surface area contributed by atoms with Crippen molar-refractivity contribution in [3.63, 3.8) is 0 Å². The minimum absolute atomic E-state index is 0.0434. The molecule has 3 rings (SSSR count). The number of rotatable bonds is 5. The first-order valence-electron chi connectivity index (χ1n) is 8.47. The van der Waals surface area contributed by atoms with Crippen molar-refractivity contribution >= 4 is 5.91 Å². The van der Waals surface area contributed by atoms with Gasteiger partial charge in [0, 0.05) is 5.56 Å². The van der Waals surface area contributed by atoms with Crippen LogP contribution in [0.3, 0.4) is 0 Å². The summed E-state index contributed by atoms with van der Waals surface area (Å²) in [6.45, 7) is 1.86. The Morgan fingerprint density at radius 1 is 1.15 bits per heavy atom. The van der Waals surface area contributed by atoms with Crippen LogP contribution >= 0.6 is 0 Å². The number of H-pyrrole nitrogens is 1. The molecule has 1 unspecified atom stereocenters. The molecule has 0 aliphatic carbocycles. The quantitative estimate of drug-likeness (QED) is 0.663. The van der Waals surface area contributed by atoms with Gasteiger partial charge in [0.1, 0.15) is 5.82 Å². The molecule has 1 aromatic heterocycles. The Balaban J connectivity index is 1.78. The SMILES string of the molecule is CCC(NC(=O)c1cccc(C(F)(F)F)c1)c1ncc(-c2ccccc2)[nH]1. The molecular weight excluding hydrogens is 355 g/mol. The Morgan fingerprint density at radius 2 is 1.89 bits per heavy atom. The summed E-state index contributed by atoms with van der Waals surface area (Å²) in [5.74, 6) is -0.0257. The van der Waals surface area contributed by atoms with Gasteiger partial charge in [-0.1, -0.05) is 43.3 Å². The molecule has 0 radical (unpaired) electrons. The number of aromatic nitrogens is 2. The number of hydrogen-bond acceptors (Lipinski definition) is 2. The van der Waals surface area contributed by atoms with E-state index in [4.69, 9.17) is 0 Å². The fourth-order valence-corrected chi connectivity index (χ4v) is 2.72. The van der Waals surface area contributed by atoms with Gasteiger partial charge in [-0.15, -0.1) is 0 Å². The Hall–Kier alpha value is -3.09. The number of aromatic amines is 1. The average Bonchev–Trinajstić information content (AvgIpc) is 3.16. The zero-order chi connectivity index (χ0) is 19.4. The van der Waals surface area contributed by atoms with Crippen LogP contribution in [0, 0.1) is 0 Å². The highest BCUT2D eigenvalue weighted by Gasteiger charge is 2.31. The molecule has 3 aromatic rings. The predicted molar refractivity (Wildman–Crippen MR) is 96.0 cm³/mol. The number of halogens is 3. The lowest BCUT2D eigenvalue weighted by Gasteiger charge is -2.15. The van der Waals surface area contributed by atoms with Gasteiger partial charge < -0.3 is 10.3 Å². The summed E-state index contributed by atoms with van der Waals surface area (Å²) >= 11 is 0. The molecule has 7 heteroatoms. The normalized spacial score (nSPS) is 12.6. The summed E-state index contributed by atoms with van der Waals surface area (Å²) in [6, 6.07) is 13.5. The number of benzene rings is 2. The minimum Gasteiger partial charge on any atom is -0.342 e. The molecule has 27 heavy (non-hydrogen) atoms. The molecule has 1 amide bonds. The molecule has 0 spiro atoms. The highest BCUT2D eigenvalue weighted by atomic mass is 19.4. The second-order valence-electron chi connectivity index (χ2n) is 6.06. The van der Waals surface area contributed by atoms with Crippen molar-refractivity contribution in [2.75, 3.05) is 0 Å². The molecule has 0 fully saturated rings. The summed E-state index contributed by atoms with van der Waals surface area (Å²) in [5, 5.41) is 2.74. The van der Waals surface area contributed by atoms with E-state index < -0.39 is 23.7 Å². The molecule has 1 atom stereocenters. The molecule has 0 saturated carbocycles. The minimum atomic E-state index is -4.49. The Morgan fingerprint density at radius 3 is 2.56 bits per heavy atom. The lowest BCUT2D eigenvalue weighted by molar-refractivity contribution is -0.137. The third-order valence-corrected chi connectivity index (χ3v) is 4.18. The summed E-state index contributed by atoms with van der Waals surface area (Å²) in [7, 11) is 0. The number of carbonyl (C=O) groups is 1. The van der Waals surface area contributed by atoms with E-state index in [1.54, 1.807) is 6.20 Å². The van der Waals surface area contributed by atoms with Crippen LogP contribution in [0.1, 0.15) is 41.1 Å². The Kier molecular flexibility index (Phi) is 5.30. The molecule has 0 bridgehead atoms. The molecule has 0 saturated heterocycles. The van der Waals surface area contributed by atoms with Crippen LogP contribution < -0.4 is 5.32 Å². The zero-order valence-corrected chi connectivity index (χ0v) is 14.5. The van der Waals surface area contributed by atoms with Gasteiger partial charge in [-0.25, -0.2) is 4.98 Å². The van der Waals surface area contributed by atoms with E-state index in [-0.39, 0.29) is 5.56 Å². The maximum absolute atomic E-state index is 12.8. The molecule has 2 aromatic carbocycles. The standard InChI is InChI=1S/C20H18F3N3O/c1-2-16(18-24-12-17(25-18)13-7-4-3-5-8-13)26-19(27)14-9-6-10-15(11-14)20(21,22)23/h3-12,16H,2H2,1H3,(H,24,25)(H,26,27). The second-order valence-corrected chi connectivity index (χ2v) is 6.06. The van der Waals surface area contributed by atoms with E-state index in [2.05, 4.69) is 15.3 Å². The second kappa shape index (κ2) is 7.65. The van der Waals surface area contributed by atoms with E-state index in [1.807, 2.05) is 37.3 Å². The van der Waals surface area contributed by atoms with Crippen LogP contribution in [-0.4, -0.2) is 15.9 Å². The monoisotopic (exact) mass is 373 g/mol. The summed E-state index contributed by atoms with van der Waals surface area (Å²) in [6.07, 6.45) is -2.29.